The van der Waals surface area contributed by atoms with Crippen LogP contribution in [0.4, 0.5) is 11.6 Å². The third-order valence-corrected chi connectivity index (χ3v) is 4.65. The van der Waals surface area contributed by atoms with E-state index in [0.29, 0.717) is 5.56 Å². The molecule has 0 atom stereocenters. The van der Waals surface area contributed by atoms with E-state index in [1.165, 1.54) is 0 Å². The van der Waals surface area contributed by atoms with Crippen LogP contribution in [0.15, 0.2) is 53.4 Å². The Labute approximate surface area is 155 Å². The summed E-state index contributed by atoms with van der Waals surface area (Å²) in [5, 5.41) is 16.9. The highest BCUT2D eigenvalue weighted by Gasteiger charge is 2.27. The van der Waals surface area contributed by atoms with Crippen LogP contribution in [0.1, 0.15) is 23.2 Å². The third kappa shape index (κ3) is 3.59. The van der Waals surface area contributed by atoms with Crippen molar-refractivity contribution in [3.05, 3.63) is 54.5 Å². The fourth-order valence-electron chi connectivity index (χ4n) is 3.27. The van der Waals surface area contributed by atoms with Gasteiger partial charge in [0, 0.05) is 37.1 Å². The lowest BCUT2D eigenvalue weighted by Crippen LogP contribution is -2.39. The number of nitrogens with one attached hydrogen (secondary N) is 1. The van der Waals surface area contributed by atoms with Gasteiger partial charge in [0.1, 0.15) is 5.82 Å². The van der Waals surface area contributed by atoms with Crippen LogP contribution in [0.5, 0.6) is 0 Å². The lowest BCUT2D eigenvalue weighted by atomic mass is 10.0. The van der Waals surface area contributed by atoms with Crippen LogP contribution < -0.4 is 10.2 Å². The van der Waals surface area contributed by atoms with Crippen molar-refractivity contribution < 1.29 is 14.4 Å². The molecule has 1 fully saturated rings. The van der Waals surface area contributed by atoms with Gasteiger partial charge >= 0.3 is 5.97 Å². The number of carboxylic acid groups (broad SMARTS) is 1. The van der Waals surface area contributed by atoms with Crippen LogP contribution in [0.25, 0.3) is 11.3 Å². The van der Waals surface area contributed by atoms with E-state index in [4.69, 9.17) is 4.52 Å². The minimum atomic E-state index is -1.06. The van der Waals surface area contributed by atoms with Crippen molar-refractivity contribution in [1.82, 2.24) is 15.1 Å². The average Bonchev–Trinajstić information content (AvgIpc) is 3.14. The van der Waals surface area contributed by atoms with Gasteiger partial charge in [-0.1, -0.05) is 35.5 Å². The monoisotopic (exact) mass is 365 g/mol. The Balaban J connectivity index is 1.48. The second-order valence-corrected chi connectivity index (χ2v) is 6.38. The Kier molecular flexibility index (Phi) is 4.69. The van der Waals surface area contributed by atoms with Crippen LogP contribution in [-0.4, -0.2) is 45.3 Å². The van der Waals surface area contributed by atoms with Crippen molar-refractivity contribution in [1.29, 1.82) is 0 Å². The molecule has 1 aliphatic heterocycles. The summed E-state index contributed by atoms with van der Waals surface area (Å²) < 4.78 is 5.35. The zero-order valence-corrected chi connectivity index (χ0v) is 14.6. The largest absolute Gasteiger partial charge is 0.477 e. The van der Waals surface area contributed by atoms with Crippen LogP contribution >= 0.6 is 0 Å². The topological polar surface area (TPSA) is 104 Å². The number of aromatic carboxylic acids is 1. The molecule has 0 amide bonds. The van der Waals surface area contributed by atoms with E-state index in [1.807, 2.05) is 18.2 Å². The fourth-order valence-corrected chi connectivity index (χ4v) is 3.27. The molecule has 1 saturated heterocycles. The summed E-state index contributed by atoms with van der Waals surface area (Å²) in [4.78, 5) is 22.4. The predicted molar refractivity (Wildman–Crippen MR) is 99.8 cm³/mol. The Bertz CT molecular complexity index is 906. The van der Waals surface area contributed by atoms with Crippen LogP contribution in [0.3, 0.4) is 0 Å². The molecule has 27 heavy (non-hydrogen) atoms. The molecule has 0 bridgehead atoms. The number of hydrogen-bond acceptors (Lipinski definition) is 7. The molecule has 0 spiro atoms. The summed E-state index contributed by atoms with van der Waals surface area (Å²) in [5.74, 6) is 0.339. The van der Waals surface area contributed by atoms with Gasteiger partial charge in [-0.25, -0.2) is 9.78 Å². The lowest BCUT2D eigenvalue weighted by Gasteiger charge is -2.32. The molecule has 138 valence electrons. The normalized spacial score (nSPS) is 14.9. The van der Waals surface area contributed by atoms with Crippen LogP contribution in [0.2, 0.25) is 0 Å². The molecule has 1 aliphatic rings. The maximum Gasteiger partial charge on any atom is 0.343 e. The Morgan fingerprint density at radius 1 is 1.19 bits per heavy atom. The molecule has 0 saturated carbocycles. The van der Waals surface area contributed by atoms with Gasteiger partial charge < -0.3 is 19.8 Å². The molecule has 0 radical (unpaired) electrons. The van der Waals surface area contributed by atoms with Gasteiger partial charge in [0.25, 0.3) is 0 Å². The summed E-state index contributed by atoms with van der Waals surface area (Å²) in [6.07, 6.45) is 6.76. The van der Waals surface area contributed by atoms with Crippen molar-refractivity contribution in [2.45, 2.75) is 18.9 Å². The smallest absolute Gasteiger partial charge is 0.343 e. The van der Waals surface area contributed by atoms with E-state index in [0.717, 1.165) is 31.7 Å². The van der Waals surface area contributed by atoms with E-state index in [-0.39, 0.29) is 23.2 Å². The number of hydrogen-bond donors (Lipinski definition) is 2. The maximum atomic E-state index is 11.8. The van der Waals surface area contributed by atoms with E-state index < -0.39 is 5.97 Å². The second-order valence-electron chi connectivity index (χ2n) is 6.38. The summed E-state index contributed by atoms with van der Waals surface area (Å²) in [6.45, 7) is 1.62. The zero-order chi connectivity index (χ0) is 18.6. The Hall–Kier alpha value is -3.42. The summed E-state index contributed by atoms with van der Waals surface area (Å²) in [5.41, 5.74) is 0.755. The quantitative estimate of drug-likeness (QED) is 0.711. The van der Waals surface area contributed by atoms with Gasteiger partial charge in [0.15, 0.2) is 17.1 Å². The average molecular weight is 365 g/mol. The molecular weight excluding hydrogens is 346 g/mol. The number of rotatable bonds is 5. The first-order chi connectivity index (χ1) is 13.2. The summed E-state index contributed by atoms with van der Waals surface area (Å²) in [6, 6.07) is 9.25. The van der Waals surface area contributed by atoms with Gasteiger partial charge in [-0.15, -0.1) is 0 Å². The highest BCUT2D eigenvalue weighted by Crippen LogP contribution is 2.30. The molecular formula is C19H19N5O3. The zero-order valence-electron chi connectivity index (χ0n) is 14.6. The highest BCUT2D eigenvalue weighted by atomic mass is 16.5. The molecule has 4 rings (SSSR count). The lowest BCUT2D eigenvalue weighted by molar-refractivity contribution is 0.0698. The van der Waals surface area contributed by atoms with Gasteiger partial charge in [-0.3, -0.25) is 4.98 Å². The molecule has 2 N–H and O–H groups in total. The third-order valence-electron chi connectivity index (χ3n) is 4.65. The molecule has 0 unspecified atom stereocenters. The number of benzene rings is 1. The highest BCUT2D eigenvalue weighted by molar-refractivity contribution is 5.99. The molecule has 1 aromatic carbocycles. The predicted octanol–water partition coefficient (Wildman–Crippen LogP) is 2.91. The van der Waals surface area contributed by atoms with Crippen LogP contribution in [0, 0.1) is 0 Å². The van der Waals surface area contributed by atoms with E-state index in [2.05, 4.69) is 25.3 Å². The summed E-state index contributed by atoms with van der Waals surface area (Å²) >= 11 is 0. The molecule has 0 aliphatic carbocycles. The van der Waals surface area contributed by atoms with Gasteiger partial charge in [0.05, 0.1) is 6.20 Å². The maximum absolute atomic E-state index is 11.8. The minimum Gasteiger partial charge on any atom is -0.477 e. The number of aromatic nitrogens is 3. The van der Waals surface area contributed by atoms with Crippen molar-refractivity contribution in [2.75, 3.05) is 23.3 Å². The van der Waals surface area contributed by atoms with Crippen molar-refractivity contribution in [2.24, 2.45) is 0 Å². The minimum absolute atomic E-state index is 0.0672. The molecule has 3 aromatic rings. The molecule has 3 heterocycles. The molecule has 8 heteroatoms. The van der Waals surface area contributed by atoms with E-state index in [9.17, 15) is 9.90 Å². The SMILES string of the molecule is O=C(O)c1c(NC2CCN(c3cnccn3)CC2)noc1-c1ccccc1. The van der Waals surface area contributed by atoms with Gasteiger partial charge in [-0.2, -0.15) is 0 Å². The number of carboxylic acids is 1. The van der Waals surface area contributed by atoms with E-state index >= 15 is 0 Å². The first-order valence-electron chi connectivity index (χ1n) is 8.78. The number of piperidine rings is 1. The van der Waals surface area contributed by atoms with Gasteiger partial charge in [-0.05, 0) is 12.8 Å². The van der Waals surface area contributed by atoms with E-state index in [1.54, 1.807) is 30.7 Å². The van der Waals surface area contributed by atoms with Crippen molar-refractivity contribution in [3.63, 3.8) is 0 Å². The first-order valence-corrected chi connectivity index (χ1v) is 8.78. The standard InChI is InChI=1S/C19H19N5O3/c25-19(26)16-17(13-4-2-1-3-5-13)27-23-18(16)22-14-6-10-24(11-7-14)15-12-20-8-9-21-15/h1-5,8-9,12,14H,6-7,10-11H2,(H,22,23)(H,25,26). The Morgan fingerprint density at radius 2 is 1.96 bits per heavy atom. The Morgan fingerprint density at radius 3 is 2.63 bits per heavy atom. The first kappa shape index (κ1) is 17.0. The number of nitrogens with zero attached hydrogens (tertiary/aromatic N) is 4. The number of carbonyl (C=O) groups is 1. The van der Waals surface area contributed by atoms with Crippen molar-refractivity contribution >= 4 is 17.6 Å². The molecule has 8 nitrogen and oxygen atoms in total. The van der Waals surface area contributed by atoms with Crippen molar-refractivity contribution in [3.8, 4) is 11.3 Å². The van der Waals surface area contributed by atoms with Gasteiger partial charge in [0.2, 0.25) is 0 Å². The second kappa shape index (κ2) is 7.45. The fraction of sp³-hybridized carbons (Fsp3) is 0.263. The van der Waals surface area contributed by atoms with Crippen LogP contribution in [-0.2, 0) is 0 Å². The summed E-state index contributed by atoms with van der Waals surface area (Å²) in [7, 11) is 0. The number of anilines is 2. The molecule has 2 aromatic heterocycles.